The third-order valence-corrected chi connectivity index (χ3v) is 3.09. The number of benzene rings is 1. The quantitative estimate of drug-likeness (QED) is 0.398. The van der Waals surface area contributed by atoms with Crippen molar-refractivity contribution in [3.63, 3.8) is 0 Å². The van der Waals surface area contributed by atoms with Gasteiger partial charge in [0.1, 0.15) is 5.15 Å². The molecule has 0 unspecified atom stereocenters. The molecule has 97 valence electrons. The molecule has 0 aliphatic heterocycles. The van der Waals surface area contributed by atoms with E-state index in [4.69, 9.17) is 16.8 Å². The zero-order valence-corrected chi connectivity index (χ0v) is 11.3. The number of hydrogen-bond acceptors (Lipinski definition) is 3. The fourth-order valence-corrected chi connectivity index (χ4v) is 1.99. The lowest BCUT2D eigenvalue weighted by atomic mass is 10.00. The van der Waals surface area contributed by atoms with Crippen molar-refractivity contribution in [2.24, 2.45) is 5.16 Å². The van der Waals surface area contributed by atoms with Crippen LogP contribution < -0.4 is 0 Å². The highest BCUT2D eigenvalue weighted by Crippen LogP contribution is 2.16. The second-order valence-electron chi connectivity index (χ2n) is 4.18. The summed E-state index contributed by atoms with van der Waals surface area (Å²) >= 11 is 5.83. The van der Waals surface area contributed by atoms with Gasteiger partial charge in [-0.3, -0.25) is 0 Å². The third-order valence-electron chi connectivity index (χ3n) is 2.88. The molecule has 1 aromatic carbocycles. The van der Waals surface area contributed by atoms with Crippen LogP contribution in [0.4, 0.5) is 0 Å². The van der Waals surface area contributed by atoms with Crippen LogP contribution in [0.3, 0.4) is 0 Å². The number of nitrogens with zero attached hydrogens (tertiary/aromatic N) is 2. The summed E-state index contributed by atoms with van der Waals surface area (Å²) in [6, 6.07) is 11.5. The van der Waals surface area contributed by atoms with Crippen LogP contribution in [0.5, 0.6) is 0 Å². The van der Waals surface area contributed by atoms with Gasteiger partial charge < -0.3 is 5.21 Å². The van der Waals surface area contributed by atoms with Crippen LogP contribution in [0.2, 0.25) is 5.15 Å². The van der Waals surface area contributed by atoms with Gasteiger partial charge in [0.25, 0.3) is 0 Å². The molecule has 2 rings (SSSR count). The number of rotatable bonds is 4. The predicted octanol–water partition coefficient (Wildman–Crippen LogP) is 3.86. The van der Waals surface area contributed by atoms with E-state index in [1.54, 1.807) is 18.3 Å². The minimum Gasteiger partial charge on any atom is -0.411 e. The maximum Gasteiger partial charge on any atom is 0.129 e. The van der Waals surface area contributed by atoms with Crippen LogP contribution in [0, 0.1) is 13.3 Å². The Labute approximate surface area is 117 Å². The minimum atomic E-state index is 0.384. The lowest BCUT2D eigenvalue weighted by molar-refractivity contribution is 0.318. The van der Waals surface area contributed by atoms with E-state index in [2.05, 4.69) is 10.1 Å². The van der Waals surface area contributed by atoms with Gasteiger partial charge in [0, 0.05) is 18.2 Å². The Bertz CT molecular complexity index is 596. The summed E-state index contributed by atoms with van der Waals surface area (Å²) in [7, 11) is 0. The molecule has 3 nitrogen and oxygen atoms in total. The van der Waals surface area contributed by atoms with E-state index in [1.165, 1.54) is 5.56 Å². The molecule has 0 aliphatic rings. The minimum absolute atomic E-state index is 0.384. The second-order valence-corrected chi connectivity index (χ2v) is 4.57. The molecule has 0 atom stereocenters. The van der Waals surface area contributed by atoms with Crippen molar-refractivity contribution in [2.45, 2.75) is 13.3 Å². The molecule has 0 amide bonds. The molecular weight excluding hydrogens is 260 g/mol. The number of hydrogen-bond donors (Lipinski definition) is 1. The van der Waals surface area contributed by atoms with Crippen molar-refractivity contribution in [1.29, 1.82) is 0 Å². The third kappa shape index (κ3) is 3.55. The maximum absolute atomic E-state index is 9.12. The number of aromatic nitrogens is 1. The van der Waals surface area contributed by atoms with Crippen LogP contribution in [0.25, 0.3) is 0 Å². The second kappa shape index (κ2) is 6.34. The van der Waals surface area contributed by atoms with Crippen LogP contribution >= 0.6 is 11.6 Å². The fourth-order valence-electron chi connectivity index (χ4n) is 1.82. The largest absolute Gasteiger partial charge is 0.411 e. The first-order valence-corrected chi connectivity index (χ1v) is 6.30. The number of oxime groups is 1. The van der Waals surface area contributed by atoms with E-state index in [0.717, 1.165) is 11.1 Å². The van der Waals surface area contributed by atoms with Crippen molar-refractivity contribution < 1.29 is 5.21 Å². The molecule has 19 heavy (non-hydrogen) atoms. The standard InChI is InChI=1S/C15H14ClN2O/c1-11-4-2-3-5-12(11)6-7-14(18-19)13-8-9-17-15(16)10-13/h2-6,8-10,19H,7H2,1H3. The van der Waals surface area contributed by atoms with E-state index in [9.17, 15) is 0 Å². The number of aryl methyl sites for hydroxylation is 1. The van der Waals surface area contributed by atoms with Gasteiger partial charge in [0.15, 0.2) is 0 Å². The Morgan fingerprint density at radius 1 is 1.37 bits per heavy atom. The topological polar surface area (TPSA) is 45.5 Å². The van der Waals surface area contributed by atoms with Crippen LogP contribution in [-0.2, 0) is 0 Å². The van der Waals surface area contributed by atoms with Gasteiger partial charge in [0.2, 0.25) is 0 Å². The first-order chi connectivity index (χ1) is 9.20. The molecule has 0 saturated carbocycles. The van der Waals surface area contributed by atoms with Crippen molar-refractivity contribution in [3.05, 3.63) is 70.9 Å². The first-order valence-electron chi connectivity index (χ1n) is 5.92. The normalized spacial score (nSPS) is 11.6. The molecule has 0 aliphatic carbocycles. The average molecular weight is 274 g/mol. The van der Waals surface area contributed by atoms with Crippen molar-refractivity contribution in [2.75, 3.05) is 0 Å². The monoisotopic (exact) mass is 273 g/mol. The summed E-state index contributed by atoms with van der Waals surface area (Å²) in [4.78, 5) is 3.91. The van der Waals surface area contributed by atoms with Crippen LogP contribution in [-0.4, -0.2) is 15.9 Å². The molecule has 2 aromatic rings. The summed E-state index contributed by atoms with van der Waals surface area (Å²) < 4.78 is 0. The SMILES string of the molecule is Cc1ccccc1[CH]CC(=NO)c1ccnc(Cl)c1. The lowest BCUT2D eigenvalue weighted by Crippen LogP contribution is -2.03. The van der Waals surface area contributed by atoms with Gasteiger partial charge in [-0.25, -0.2) is 4.98 Å². The highest BCUT2D eigenvalue weighted by molar-refractivity contribution is 6.29. The Morgan fingerprint density at radius 2 is 2.16 bits per heavy atom. The molecule has 1 heterocycles. The van der Waals surface area contributed by atoms with E-state index in [-0.39, 0.29) is 0 Å². The van der Waals surface area contributed by atoms with Crippen molar-refractivity contribution in [1.82, 2.24) is 4.98 Å². The maximum atomic E-state index is 9.12. The Morgan fingerprint density at radius 3 is 2.84 bits per heavy atom. The molecule has 1 N–H and O–H groups in total. The predicted molar refractivity (Wildman–Crippen MR) is 76.8 cm³/mol. The van der Waals surface area contributed by atoms with E-state index in [1.807, 2.05) is 37.6 Å². The summed E-state index contributed by atoms with van der Waals surface area (Å²) in [6.45, 7) is 2.05. The first kappa shape index (κ1) is 13.6. The highest BCUT2D eigenvalue weighted by Gasteiger charge is 2.07. The van der Waals surface area contributed by atoms with Crippen molar-refractivity contribution >= 4 is 17.3 Å². The highest BCUT2D eigenvalue weighted by atomic mass is 35.5. The average Bonchev–Trinajstić information content (AvgIpc) is 2.41. The van der Waals surface area contributed by atoms with Crippen LogP contribution in [0.15, 0.2) is 47.8 Å². The summed E-state index contributed by atoms with van der Waals surface area (Å²) in [6.07, 6.45) is 4.15. The van der Waals surface area contributed by atoms with E-state index >= 15 is 0 Å². The van der Waals surface area contributed by atoms with Gasteiger partial charge in [-0.05, 0) is 36.6 Å². The lowest BCUT2D eigenvalue weighted by Gasteiger charge is -2.07. The van der Waals surface area contributed by atoms with Gasteiger partial charge in [-0.1, -0.05) is 41.0 Å². The molecule has 1 radical (unpaired) electrons. The van der Waals surface area contributed by atoms with Gasteiger partial charge in [-0.2, -0.15) is 0 Å². The van der Waals surface area contributed by atoms with Crippen LogP contribution in [0.1, 0.15) is 23.1 Å². The van der Waals surface area contributed by atoms with E-state index in [0.29, 0.717) is 17.3 Å². The summed E-state index contributed by atoms with van der Waals surface area (Å²) in [5.41, 5.74) is 3.65. The zero-order chi connectivity index (χ0) is 13.7. The molecule has 0 saturated heterocycles. The number of pyridine rings is 1. The fraction of sp³-hybridized carbons (Fsp3) is 0.133. The number of halogens is 1. The summed E-state index contributed by atoms with van der Waals surface area (Å²) in [5, 5.41) is 12.8. The molecule has 0 bridgehead atoms. The molecule has 1 aromatic heterocycles. The summed E-state index contributed by atoms with van der Waals surface area (Å²) in [5.74, 6) is 0. The van der Waals surface area contributed by atoms with Gasteiger partial charge >= 0.3 is 0 Å². The van der Waals surface area contributed by atoms with Gasteiger partial charge in [-0.15, -0.1) is 0 Å². The Balaban J connectivity index is 2.11. The van der Waals surface area contributed by atoms with Crippen molar-refractivity contribution in [3.8, 4) is 0 Å². The van der Waals surface area contributed by atoms with E-state index < -0.39 is 0 Å². The smallest absolute Gasteiger partial charge is 0.129 e. The zero-order valence-electron chi connectivity index (χ0n) is 10.5. The molecule has 4 heteroatoms. The molecule has 0 fully saturated rings. The molecule has 0 spiro atoms. The Kier molecular flexibility index (Phi) is 4.53. The molecular formula is C15H14ClN2O. The Hall–Kier alpha value is -1.87. The van der Waals surface area contributed by atoms with Gasteiger partial charge in [0.05, 0.1) is 5.71 Å².